The molecule has 2 unspecified atom stereocenters. The van der Waals surface area contributed by atoms with Crippen LogP contribution in [-0.2, 0) is 11.2 Å². The summed E-state index contributed by atoms with van der Waals surface area (Å²) >= 11 is 0. The van der Waals surface area contributed by atoms with Crippen molar-refractivity contribution < 1.29 is 18.3 Å². The van der Waals surface area contributed by atoms with Crippen LogP contribution in [0.1, 0.15) is 70.8 Å². The molecule has 0 spiro atoms. The van der Waals surface area contributed by atoms with Crippen molar-refractivity contribution in [2.24, 2.45) is 5.92 Å². The lowest BCUT2D eigenvalue weighted by Crippen LogP contribution is -2.27. The van der Waals surface area contributed by atoms with Crippen LogP contribution in [0.25, 0.3) is 11.1 Å². The third kappa shape index (κ3) is 6.63. The van der Waals surface area contributed by atoms with Crippen molar-refractivity contribution in [2.75, 3.05) is 13.2 Å². The summed E-state index contributed by atoms with van der Waals surface area (Å²) in [5.74, 6) is 0.675. The van der Waals surface area contributed by atoms with Gasteiger partial charge in [-0.2, -0.15) is 4.98 Å². The first-order valence-electron chi connectivity index (χ1n) is 11.4. The van der Waals surface area contributed by atoms with Crippen LogP contribution in [0.3, 0.4) is 0 Å². The maximum Gasteiger partial charge on any atom is 0.337 e. The van der Waals surface area contributed by atoms with Crippen LogP contribution in [0.4, 0.5) is 4.39 Å². The van der Waals surface area contributed by atoms with Gasteiger partial charge in [0.1, 0.15) is 18.2 Å². The van der Waals surface area contributed by atoms with Crippen molar-refractivity contribution in [3.05, 3.63) is 32.4 Å². The molecule has 7 nitrogen and oxygen atoms in total. The molecular weight excluding hydrogens is 403 g/mol. The average molecular weight is 437 g/mol. The van der Waals surface area contributed by atoms with E-state index in [0.29, 0.717) is 24.3 Å². The van der Waals surface area contributed by atoms with Gasteiger partial charge >= 0.3 is 5.63 Å². The highest BCUT2D eigenvalue weighted by molar-refractivity contribution is 5.75. The Balaban J connectivity index is 1.55. The van der Waals surface area contributed by atoms with E-state index < -0.39 is 23.5 Å². The van der Waals surface area contributed by atoms with Crippen molar-refractivity contribution in [1.29, 1.82) is 0 Å². The van der Waals surface area contributed by atoms with E-state index in [1.165, 1.54) is 45.1 Å². The molecule has 2 heterocycles. The number of halogens is 1. The number of fused-ring (bicyclic) bond motifs is 1. The summed E-state index contributed by atoms with van der Waals surface area (Å²) in [6.07, 6.45) is 7.81. The Morgan fingerprint density at radius 2 is 2.03 bits per heavy atom. The minimum absolute atomic E-state index is 0.0432. The zero-order chi connectivity index (χ0) is 22.2. The fraction of sp³-hybridized carbons (Fsp3) is 0.696. The second-order valence-corrected chi connectivity index (χ2v) is 8.41. The number of H-pyrrole nitrogens is 1. The summed E-state index contributed by atoms with van der Waals surface area (Å²) in [7, 11) is 0. The van der Waals surface area contributed by atoms with Gasteiger partial charge in [-0.25, -0.2) is 9.18 Å². The van der Waals surface area contributed by atoms with Gasteiger partial charge in [0.25, 0.3) is 11.6 Å². The Morgan fingerprint density at radius 3 is 2.74 bits per heavy atom. The van der Waals surface area contributed by atoms with Crippen LogP contribution in [0, 0.1) is 5.92 Å². The quantitative estimate of drug-likeness (QED) is 0.528. The second-order valence-electron chi connectivity index (χ2n) is 8.41. The summed E-state index contributed by atoms with van der Waals surface area (Å²) in [6.45, 7) is 3.75. The molecule has 1 fully saturated rings. The van der Waals surface area contributed by atoms with Gasteiger partial charge in [-0.15, -0.1) is 0 Å². The predicted octanol–water partition coefficient (Wildman–Crippen LogP) is 4.31. The largest absolute Gasteiger partial charge is 0.462 e. The molecule has 1 N–H and O–H groups in total. The lowest BCUT2D eigenvalue weighted by atomic mass is 9.85. The van der Waals surface area contributed by atoms with Gasteiger partial charge in [0, 0.05) is 6.07 Å². The first-order chi connectivity index (χ1) is 15.0. The third-order valence-electron chi connectivity index (χ3n) is 5.94. The number of alkyl halides is 1. The SMILES string of the molecule is CCCc1cc(=O)oc2nc(OCCOC(CCC3CCCCC3)C(C)F)[nH]c(=O)c12. The summed E-state index contributed by atoms with van der Waals surface area (Å²) in [4.78, 5) is 30.9. The molecule has 2 aromatic heterocycles. The van der Waals surface area contributed by atoms with E-state index in [-0.39, 0.29) is 30.3 Å². The van der Waals surface area contributed by atoms with Gasteiger partial charge in [0.2, 0.25) is 5.71 Å². The zero-order valence-corrected chi connectivity index (χ0v) is 18.5. The van der Waals surface area contributed by atoms with Crippen molar-refractivity contribution in [1.82, 2.24) is 9.97 Å². The van der Waals surface area contributed by atoms with E-state index in [1.807, 2.05) is 6.92 Å². The molecule has 1 saturated carbocycles. The molecule has 1 aliphatic carbocycles. The number of aromatic amines is 1. The second kappa shape index (κ2) is 11.4. The Hall–Kier alpha value is -2.22. The van der Waals surface area contributed by atoms with E-state index in [0.717, 1.165) is 12.8 Å². The molecule has 1 aliphatic rings. The highest BCUT2D eigenvalue weighted by Gasteiger charge is 2.21. The zero-order valence-electron chi connectivity index (χ0n) is 18.5. The van der Waals surface area contributed by atoms with Gasteiger partial charge in [0.15, 0.2) is 0 Å². The topological polar surface area (TPSA) is 94.4 Å². The first-order valence-corrected chi connectivity index (χ1v) is 11.4. The van der Waals surface area contributed by atoms with Crippen LogP contribution in [0.5, 0.6) is 6.01 Å². The number of rotatable bonds is 11. The molecule has 0 aliphatic heterocycles. The van der Waals surface area contributed by atoms with Gasteiger partial charge < -0.3 is 13.9 Å². The minimum Gasteiger partial charge on any atom is -0.462 e. The normalized spacial score (nSPS) is 17.0. The van der Waals surface area contributed by atoms with E-state index >= 15 is 0 Å². The van der Waals surface area contributed by atoms with E-state index in [2.05, 4.69) is 9.97 Å². The lowest BCUT2D eigenvalue weighted by Gasteiger charge is -2.25. The van der Waals surface area contributed by atoms with Gasteiger partial charge in [-0.05, 0) is 37.7 Å². The molecule has 31 heavy (non-hydrogen) atoms. The molecule has 3 rings (SSSR count). The molecular formula is C23H33FN2O5. The lowest BCUT2D eigenvalue weighted by molar-refractivity contribution is -0.0175. The fourth-order valence-electron chi connectivity index (χ4n) is 4.32. The van der Waals surface area contributed by atoms with Crippen LogP contribution < -0.4 is 15.9 Å². The number of hydrogen-bond donors (Lipinski definition) is 1. The van der Waals surface area contributed by atoms with E-state index in [9.17, 15) is 14.0 Å². The Morgan fingerprint density at radius 1 is 1.26 bits per heavy atom. The third-order valence-corrected chi connectivity index (χ3v) is 5.94. The molecule has 2 atom stereocenters. The number of ether oxygens (including phenoxy) is 2. The summed E-state index contributed by atoms with van der Waals surface area (Å²) in [6, 6.07) is 1.27. The summed E-state index contributed by atoms with van der Waals surface area (Å²) < 4.78 is 30.3. The molecule has 0 bridgehead atoms. The molecule has 0 saturated heterocycles. The van der Waals surface area contributed by atoms with Gasteiger partial charge in [-0.3, -0.25) is 9.78 Å². The summed E-state index contributed by atoms with van der Waals surface area (Å²) in [5, 5.41) is 0.263. The van der Waals surface area contributed by atoms with Crippen LogP contribution in [0.2, 0.25) is 0 Å². The molecule has 0 radical (unpaired) electrons. The predicted molar refractivity (Wildman–Crippen MR) is 117 cm³/mol. The Labute approximate surface area is 181 Å². The van der Waals surface area contributed by atoms with Crippen LogP contribution in [-0.4, -0.2) is 35.5 Å². The monoisotopic (exact) mass is 436 g/mol. The smallest absolute Gasteiger partial charge is 0.337 e. The van der Waals surface area contributed by atoms with Crippen LogP contribution in [0.15, 0.2) is 20.1 Å². The average Bonchev–Trinajstić information content (AvgIpc) is 2.73. The molecule has 0 aromatic carbocycles. The number of aromatic nitrogens is 2. The molecule has 0 amide bonds. The molecule has 8 heteroatoms. The molecule has 172 valence electrons. The van der Waals surface area contributed by atoms with Gasteiger partial charge in [0.05, 0.1) is 12.7 Å². The number of nitrogens with zero attached hydrogens (tertiary/aromatic N) is 1. The standard InChI is InChI=1S/C23H33FN2O5/c1-3-7-17-14-19(27)31-22-20(17)21(28)25-23(26-22)30-13-12-29-18(15(2)24)11-10-16-8-5-4-6-9-16/h14-16,18H,3-13H2,1-2H3,(H,25,26,28). The first kappa shape index (κ1) is 23.4. The van der Waals surface area contributed by atoms with Crippen LogP contribution >= 0.6 is 0 Å². The Kier molecular flexibility index (Phi) is 8.63. The molecule has 2 aromatic rings. The van der Waals surface area contributed by atoms with Crippen molar-refractivity contribution in [2.45, 2.75) is 83.9 Å². The highest BCUT2D eigenvalue weighted by Crippen LogP contribution is 2.28. The Bertz CT molecular complexity index is 949. The minimum atomic E-state index is -1.06. The van der Waals surface area contributed by atoms with Gasteiger partial charge in [-0.1, -0.05) is 45.4 Å². The number of aryl methyl sites for hydroxylation is 1. The highest BCUT2D eigenvalue weighted by atomic mass is 19.1. The van der Waals surface area contributed by atoms with Crippen molar-refractivity contribution in [3.8, 4) is 6.01 Å². The van der Waals surface area contributed by atoms with Crippen molar-refractivity contribution >= 4 is 11.1 Å². The number of hydrogen-bond acceptors (Lipinski definition) is 6. The fourth-order valence-corrected chi connectivity index (χ4v) is 4.32. The van der Waals surface area contributed by atoms with E-state index in [4.69, 9.17) is 13.9 Å². The van der Waals surface area contributed by atoms with Crippen molar-refractivity contribution in [3.63, 3.8) is 0 Å². The maximum absolute atomic E-state index is 14.0. The maximum atomic E-state index is 14.0. The van der Waals surface area contributed by atoms with E-state index in [1.54, 1.807) is 0 Å². The summed E-state index contributed by atoms with van der Waals surface area (Å²) in [5.41, 5.74) is -0.412. The number of nitrogens with one attached hydrogen (secondary N) is 1.